The molecule has 0 unspecified atom stereocenters. The van der Waals surface area contributed by atoms with E-state index in [0.717, 1.165) is 6.26 Å². The van der Waals surface area contributed by atoms with Crippen LogP contribution in [-0.4, -0.2) is 82.9 Å². The molecule has 1 aromatic rings. The number of piperazine rings is 1. The number of rotatable bonds is 8. The summed E-state index contributed by atoms with van der Waals surface area (Å²) in [7, 11) is -1.93. The second kappa shape index (κ2) is 10.3. The molecular weight excluding hydrogens is 398 g/mol. The molecule has 29 heavy (non-hydrogen) atoms. The molecule has 0 aromatic heterocycles. The number of carbonyl (C=O) groups excluding carboxylic acids is 2. The molecule has 1 saturated heterocycles. The fourth-order valence-electron chi connectivity index (χ4n) is 3.12. The lowest BCUT2D eigenvalue weighted by atomic mass is 10.2. The van der Waals surface area contributed by atoms with Crippen LogP contribution in [0.2, 0.25) is 0 Å². The van der Waals surface area contributed by atoms with Crippen molar-refractivity contribution < 1.29 is 27.5 Å². The predicted molar refractivity (Wildman–Crippen MR) is 110 cm³/mol. The molecule has 1 aliphatic heterocycles. The van der Waals surface area contributed by atoms with E-state index in [1.165, 1.54) is 4.31 Å². The zero-order valence-electron chi connectivity index (χ0n) is 17.2. The van der Waals surface area contributed by atoms with Crippen LogP contribution in [0.5, 0.6) is 5.75 Å². The molecule has 1 fully saturated rings. The highest BCUT2D eigenvalue weighted by Gasteiger charge is 2.25. The maximum absolute atomic E-state index is 12.5. The van der Waals surface area contributed by atoms with Gasteiger partial charge in [-0.25, -0.2) is 13.2 Å². The van der Waals surface area contributed by atoms with Crippen LogP contribution in [0.15, 0.2) is 24.3 Å². The zero-order valence-corrected chi connectivity index (χ0v) is 18.0. The van der Waals surface area contributed by atoms with E-state index in [4.69, 9.17) is 9.47 Å². The van der Waals surface area contributed by atoms with E-state index in [2.05, 4.69) is 0 Å². The summed E-state index contributed by atoms with van der Waals surface area (Å²) in [6.07, 6.45) is 1.42. The molecule has 162 valence electrons. The Balaban J connectivity index is 1.86. The standard InChI is InChI=1S/C19H29N3O6S/c1-4-28-19(24)21-14-12-20(13-15-21)18(23)6-5-11-22(29(3,25)26)16-7-9-17(27-2)10-8-16/h7-10H,4-6,11-15H2,1-3H3. The quantitative estimate of drug-likeness (QED) is 0.624. The van der Waals surface area contributed by atoms with E-state index < -0.39 is 10.0 Å². The number of benzene rings is 1. The first kappa shape index (κ1) is 22.8. The van der Waals surface area contributed by atoms with Crippen LogP contribution in [0.25, 0.3) is 0 Å². The average Bonchev–Trinajstić information content (AvgIpc) is 2.70. The number of carbonyl (C=O) groups is 2. The molecule has 0 N–H and O–H groups in total. The van der Waals surface area contributed by atoms with Crippen molar-refractivity contribution in [2.45, 2.75) is 19.8 Å². The van der Waals surface area contributed by atoms with Crippen molar-refractivity contribution >= 4 is 27.7 Å². The van der Waals surface area contributed by atoms with E-state index in [1.54, 1.807) is 48.1 Å². The van der Waals surface area contributed by atoms with Gasteiger partial charge in [-0.05, 0) is 37.6 Å². The molecule has 0 spiro atoms. The third kappa shape index (κ3) is 6.52. The Kier molecular flexibility index (Phi) is 8.12. The highest BCUT2D eigenvalue weighted by atomic mass is 32.2. The zero-order chi connectivity index (χ0) is 21.4. The van der Waals surface area contributed by atoms with Crippen molar-refractivity contribution in [3.63, 3.8) is 0 Å². The van der Waals surface area contributed by atoms with Crippen LogP contribution < -0.4 is 9.04 Å². The van der Waals surface area contributed by atoms with Gasteiger partial charge in [-0.3, -0.25) is 9.10 Å². The highest BCUT2D eigenvalue weighted by Crippen LogP contribution is 2.22. The Morgan fingerprint density at radius 1 is 1.07 bits per heavy atom. The van der Waals surface area contributed by atoms with E-state index in [-0.39, 0.29) is 25.0 Å². The maximum Gasteiger partial charge on any atom is 0.409 e. The summed E-state index contributed by atoms with van der Waals surface area (Å²) in [4.78, 5) is 27.5. The second-order valence-corrected chi connectivity index (χ2v) is 8.61. The lowest BCUT2D eigenvalue weighted by Crippen LogP contribution is -2.50. The summed E-state index contributed by atoms with van der Waals surface area (Å²) >= 11 is 0. The van der Waals surface area contributed by atoms with Crippen LogP contribution in [0.1, 0.15) is 19.8 Å². The minimum absolute atomic E-state index is 0.0447. The molecule has 0 atom stereocenters. The van der Waals surface area contributed by atoms with Gasteiger partial charge in [0.25, 0.3) is 0 Å². The van der Waals surface area contributed by atoms with Gasteiger partial charge >= 0.3 is 6.09 Å². The SMILES string of the molecule is CCOC(=O)N1CCN(C(=O)CCCN(c2ccc(OC)cc2)S(C)(=O)=O)CC1. The molecule has 2 rings (SSSR count). The largest absolute Gasteiger partial charge is 0.497 e. The number of hydrogen-bond acceptors (Lipinski definition) is 6. The second-order valence-electron chi connectivity index (χ2n) is 6.70. The van der Waals surface area contributed by atoms with Gasteiger partial charge in [0.15, 0.2) is 0 Å². The van der Waals surface area contributed by atoms with Crippen LogP contribution >= 0.6 is 0 Å². The fourth-order valence-corrected chi connectivity index (χ4v) is 4.09. The van der Waals surface area contributed by atoms with Crippen molar-refractivity contribution in [1.29, 1.82) is 0 Å². The topological polar surface area (TPSA) is 96.5 Å². The monoisotopic (exact) mass is 427 g/mol. The molecule has 1 heterocycles. The summed E-state index contributed by atoms with van der Waals surface area (Å²) < 4.78 is 35.7. The first-order valence-corrected chi connectivity index (χ1v) is 11.4. The molecule has 1 aliphatic rings. The van der Waals surface area contributed by atoms with Gasteiger partial charge in [-0.2, -0.15) is 0 Å². The van der Waals surface area contributed by atoms with Crippen LogP contribution in [0.4, 0.5) is 10.5 Å². The van der Waals surface area contributed by atoms with Gasteiger partial charge in [0, 0.05) is 39.1 Å². The van der Waals surface area contributed by atoms with Gasteiger partial charge in [0.1, 0.15) is 5.75 Å². The third-order valence-corrected chi connectivity index (χ3v) is 5.87. The van der Waals surface area contributed by atoms with Crippen molar-refractivity contribution in [2.75, 3.05) is 57.0 Å². The van der Waals surface area contributed by atoms with Gasteiger partial charge < -0.3 is 19.3 Å². The first-order chi connectivity index (χ1) is 13.8. The van der Waals surface area contributed by atoms with Crippen molar-refractivity contribution in [1.82, 2.24) is 9.80 Å². The molecule has 9 nitrogen and oxygen atoms in total. The summed E-state index contributed by atoms with van der Waals surface area (Å²) in [5.41, 5.74) is 0.531. The third-order valence-electron chi connectivity index (χ3n) is 4.67. The number of hydrogen-bond donors (Lipinski definition) is 0. The highest BCUT2D eigenvalue weighted by molar-refractivity contribution is 7.92. The number of amides is 2. The normalized spacial score (nSPS) is 14.4. The van der Waals surface area contributed by atoms with Gasteiger partial charge in [0.2, 0.25) is 15.9 Å². The molecular formula is C19H29N3O6S. The molecule has 10 heteroatoms. The van der Waals surface area contributed by atoms with E-state index in [0.29, 0.717) is 50.6 Å². The van der Waals surface area contributed by atoms with E-state index in [9.17, 15) is 18.0 Å². The molecule has 0 saturated carbocycles. The number of sulfonamides is 1. The van der Waals surface area contributed by atoms with Gasteiger partial charge in [-0.1, -0.05) is 0 Å². The smallest absolute Gasteiger partial charge is 0.409 e. The van der Waals surface area contributed by atoms with Crippen molar-refractivity contribution in [2.24, 2.45) is 0 Å². The lowest BCUT2D eigenvalue weighted by molar-refractivity contribution is -0.132. The Morgan fingerprint density at radius 3 is 2.17 bits per heavy atom. The van der Waals surface area contributed by atoms with E-state index >= 15 is 0 Å². The van der Waals surface area contributed by atoms with Gasteiger partial charge in [0.05, 0.1) is 25.7 Å². The summed E-state index contributed by atoms with van der Waals surface area (Å²) in [6.45, 7) is 4.06. The minimum Gasteiger partial charge on any atom is -0.497 e. The van der Waals surface area contributed by atoms with Gasteiger partial charge in [-0.15, -0.1) is 0 Å². The Morgan fingerprint density at radius 2 is 1.66 bits per heavy atom. The molecule has 0 radical (unpaired) electrons. The number of ether oxygens (including phenoxy) is 2. The molecule has 2 amide bonds. The minimum atomic E-state index is -3.47. The van der Waals surface area contributed by atoms with Crippen LogP contribution in [-0.2, 0) is 19.6 Å². The Hall–Kier alpha value is -2.49. The summed E-state index contributed by atoms with van der Waals surface area (Å²) in [5, 5.41) is 0. The van der Waals surface area contributed by atoms with E-state index in [1.807, 2.05) is 0 Å². The number of methoxy groups -OCH3 is 1. The predicted octanol–water partition coefficient (Wildman–Crippen LogP) is 1.54. The van der Waals surface area contributed by atoms with Crippen molar-refractivity contribution in [3.8, 4) is 5.75 Å². The molecule has 0 bridgehead atoms. The Bertz CT molecular complexity index is 789. The lowest BCUT2D eigenvalue weighted by Gasteiger charge is -2.34. The van der Waals surface area contributed by atoms with Crippen LogP contribution in [0.3, 0.4) is 0 Å². The average molecular weight is 428 g/mol. The fraction of sp³-hybridized carbons (Fsp3) is 0.579. The number of nitrogens with zero attached hydrogens (tertiary/aromatic N) is 3. The first-order valence-electron chi connectivity index (χ1n) is 9.57. The van der Waals surface area contributed by atoms with Crippen molar-refractivity contribution in [3.05, 3.63) is 24.3 Å². The molecule has 0 aliphatic carbocycles. The summed E-state index contributed by atoms with van der Waals surface area (Å²) in [6, 6.07) is 6.75. The summed E-state index contributed by atoms with van der Waals surface area (Å²) in [5.74, 6) is 0.594. The maximum atomic E-state index is 12.5. The Labute approximate surface area is 172 Å². The number of anilines is 1. The molecule has 1 aromatic carbocycles. The van der Waals surface area contributed by atoms with Crippen LogP contribution in [0, 0.1) is 0 Å².